The summed E-state index contributed by atoms with van der Waals surface area (Å²) in [5.41, 5.74) is 6.49. The summed E-state index contributed by atoms with van der Waals surface area (Å²) in [6, 6.07) is 39.8. The van der Waals surface area contributed by atoms with Gasteiger partial charge in [0.05, 0.1) is 22.2 Å². The molecule has 0 bridgehead atoms. The normalized spacial score (nSPS) is 11.8. The smallest absolute Gasteiger partial charge is 0.145 e. The van der Waals surface area contributed by atoms with E-state index in [2.05, 4.69) is 99.1 Å². The Hall–Kier alpha value is -5.88. The molecule has 4 aromatic heterocycles. The molecule has 9 aromatic rings. The highest BCUT2D eigenvalue weighted by Gasteiger charge is 2.19. The molecule has 42 heavy (non-hydrogen) atoms. The molecule has 9 rings (SSSR count). The molecule has 0 aliphatic heterocycles. The van der Waals surface area contributed by atoms with Gasteiger partial charge in [0.15, 0.2) is 0 Å². The summed E-state index contributed by atoms with van der Waals surface area (Å²) in [6.07, 6.45) is 7.63. The molecule has 0 radical (unpaired) electrons. The van der Waals surface area contributed by atoms with Gasteiger partial charge in [-0.2, -0.15) is 5.10 Å². The van der Waals surface area contributed by atoms with Crippen LogP contribution < -0.4 is 4.74 Å². The minimum atomic E-state index is 0.748. The van der Waals surface area contributed by atoms with Crippen molar-refractivity contribution in [2.24, 2.45) is 0 Å². The maximum atomic E-state index is 6.36. The van der Waals surface area contributed by atoms with E-state index in [1.807, 2.05) is 53.5 Å². The maximum absolute atomic E-state index is 6.36. The first-order chi connectivity index (χ1) is 20.8. The second-order valence-electron chi connectivity index (χ2n) is 10.4. The number of ether oxygens (including phenoxy) is 1. The lowest BCUT2D eigenvalue weighted by molar-refractivity contribution is 0.483. The molecule has 0 atom stereocenters. The van der Waals surface area contributed by atoms with Gasteiger partial charge < -0.3 is 9.30 Å². The predicted octanol–water partition coefficient (Wildman–Crippen LogP) is 8.72. The molecule has 0 saturated carbocycles. The highest BCUT2D eigenvalue weighted by molar-refractivity contribution is 6.25. The van der Waals surface area contributed by atoms with E-state index < -0.39 is 0 Å². The molecular weight excluding hydrogens is 518 g/mol. The maximum Gasteiger partial charge on any atom is 0.145 e. The van der Waals surface area contributed by atoms with E-state index in [1.54, 1.807) is 6.20 Å². The zero-order chi connectivity index (χ0) is 27.6. The number of para-hydroxylation sites is 2. The van der Waals surface area contributed by atoms with Crippen LogP contribution in [0.4, 0.5) is 0 Å². The van der Waals surface area contributed by atoms with Crippen LogP contribution in [0.25, 0.3) is 60.5 Å². The van der Waals surface area contributed by atoms with Gasteiger partial charge in [-0.15, -0.1) is 0 Å². The van der Waals surface area contributed by atoms with Crippen LogP contribution in [0.1, 0.15) is 0 Å². The summed E-state index contributed by atoms with van der Waals surface area (Å²) in [5, 5.41) is 10.1. The van der Waals surface area contributed by atoms with Crippen molar-refractivity contribution in [2.45, 2.75) is 0 Å². The van der Waals surface area contributed by atoms with Crippen LogP contribution in [0.5, 0.6) is 11.5 Å². The van der Waals surface area contributed by atoms with Crippen molar-refractivity contribution in [1.82, 2.24) is 23.7 Å². The van der Waals surface area contributed by atoms with Gasteiger partial charge in [-0.05, 0) is 66.0 Å². The molecule has 5 aromatic carbocycles. The fourth-order valence-corrected chi connectivity index (χ4v) is 6.30. The molecule has 0 N–H and O–H groups in total. The van der Waals surface area contributed by atoms with Crippen molar-refractivity contribution in [1.29, 1.82) is 0 Å². The van der Waals surface area contributed by atoms with Crippen LogP contribution in [0, 0.1) is 0 Å². The highest BCUT2D eigenvalue weighted by atomic mass is 16.5. The van der Waals surface area contributed by atoms with Crippen molar-refractivity contribution in [3.05, 3.63) is 140 Å². The number of fused-ring (bicyclic) bond motifs is 10. The summed E-state index contributed by atoms with van der Waals surface area (Å²) in [4.78, 5) is 4.83. The van der Waals surface area contributed by atoms with Gasteiger partial charge in [-0.25, -0.2) is 9.67 Å². The van der Waals surface area contributed by atoms with Crippen LogP contribution in [0.15, 0.2) is 140 Å². The molecule has 0 aliphatic carbocycles. The molecule has 6 heteroatoms. The molecule has 4 heterocycles. The van der Waals surface area contributed by atoms with Gasteiger partial charge in [-0.1, -0.05) is 48.5 Å². The molecule has 198 valence electrons. The van der Waals surface area contributed by atoms with Gasteiger partial charge in [0.2, 0.25) is 0 Å². The minimum absolute atomic E-state index is 0.748. The standard InChI is InChI=1S/C36H23N5O/c1-2-8-24(9-3-1)41-32-13-5-4-12-30(32)34-33(41)17-16-29-28-15-14-27(23-31(28)36-37-19-21-39(36)35(29)34)42-26-11-6-10-25(22-26)40-20-7-18-38-40/h1-23H. The molecule has 6 nitrogen and oxygen atoms in total. The fraction of sp³-hybridized carbons (Fsp3) is 0. The molecule has 0 saturated heterocycles. The number of hydrogen-bond donors (Lipinski definition) is 0. The van der Waals surface area contributed by atoms with Crippen molar-refractivity contribution in [2.75, 3.05) is 0 Å². The van der Waals surface area contributed by atoms with E-state index in [-0.39, 0.29) is 0 Å². The molecule has 0 spiro atoms. The lowest BCUT2D eigenvalue weighted by atomic mass is 10.0. The van der Waals surface area contributed by atoms with E-state index in [9.17, 15) is 0 Å². The summed E-state index contributed by atoms with van der Waals surface area (Å²) >= 11 is 0. The Labute approximate surface area is 240 Å². The Morgan fingerprint density at radius 1 is 0.548 bits per heavy atom. The average Bonchev–Trinajstić information content (AvgIpc) is 3.81. The molecule has 0 unspecified atom stereocenters. The van der Waals surface area contributed by atoms with Crippen LogP contribution in [0.3, 0.4) is 0 Å². The van der Waals surface area contributed by atoms with Crippen LogP contribution in [0.2, 0.25) is 0 Å². The van der Waals surface area contributed by atoms with Crippen molar-refractivity contribution >= 4 is 49.1 Å². The van der Waals surface area contributed by atoms with E-state index >= 15 is 0 Å². The van der Waals surface area contributed by atoms with E-state index in [1.165, 1.54) is 27.2 Å². The number of pyridine rings is 1. The van der Waals surface area contributed by atoms with Gasteiger partial charge in [0.25, 0.3) is 0 Å². The third-order valence-corrected chi connectivity index (χ3v) is 8.05. The first-order valence-electron chi connectivity index (χ1n) is 13.9. The summed E-state index contributed by atoms with van der Waals surface area (Å²) in [7, 11) is 0. The van der Waals surface area contributed by atoms with E-state index in [0.29, 0.717) is 0 Å². The van der Waals surface area contributed by atoms with Crippen LogP contribution in [-0.2, 0) is 0 Å². The largest absolute Gasteiger partial charge is 0.457 e. The van der Waals surface area contributed by atoms with Gasteiger partial charge in [-0.3, -0.25) is 4.40 Å². The predicted molar refractivity (Wildman–Crippen MR) is 168 cm³/mol. The third-order valence-electron chi connectivity index (χ3n) is 8.05. The Morgan fingerprint density at radius 2 is 1.38 bits per heavy atom. The summed E-state index contributed by atoms with van der Waals surface area (Å²) < 4.78 is 12.8. The Bertz CT molecular complexity index is 2440. The number of nitrogens with zero attached hydrogens (tertiary/aromatic N) is 5. The zero-order valence-electron chi connectivity index (χ0n) is 22.4. The van der Waals surface area contributed by atoms with Crippen molar-refractivity contribution < 1.29 is 4.74 Å². The second-order valence-corrected chi connectivity index (χ2v) is 10.4. The van der Waals surface area contributed by atoms with Gasteiger partial charge in [0, 0.05) is 58.1 Å². The first-order valence-corrected chi connectivity index (χ1v) is 13.9. The minimum Gasteiger partial charge on any atom is -0.457 e. The Kier molecular flexibility index (Phi) is 4.80. The number of hydrogen-bond acceptors (Lipinski definition) is 3. The lowest BCUT2D eigenvalue weighted by Gasteiger charge is -2.13. The van der Waals surface area contributed by atoms with Gasteiger partial charge in [0.1, 0.15) is 17.1 Å². The van der Waals surface area contributed by atoms with Crippen molar-refractivity contribution in [3.63, 3.8) is 0 Å². The molecular formula is C36H23N5O. The Balaban J connectivity index is 1.28. The second kappa shape index (κ2) is 8.81. The molecule has 0 aliphatic rings. The average molecular weight is 542 g/mol. The quantitative estimate of drug-likeness (QED) is 0.209. The lowest BCUT2D eigenvalue weighted by Crippen LogP contribution is -1.95. The molecule has 0 fully saturated rings. The summed E-state index contributed by atoms with van der Waals surface area (Å²) in [5.74, 6) is 1.50. The van der Waals surface area contributed by atoms with E-state index in [4.69, 9.17) is 9.72 Å². The Morgan fingerprint density at radius 3 is 2.29 bits per heavy atom. The summed E-state index contributed by atoms with van der Waals surface area (Å²) in [6.45, 7) is 0. The topological polar surface area (TPSA) is 49.3 Å². The number of imidazole rings is 1. The highest BCUT2D eigenvalue weighted by Crippen LogP contribution is 2.40. The number of benzene rings is 5. The van der Waals surface area contributed by atoms with Crippen LogP contribution >= 0.6 is 0 Å². The van der Waals surface area contributed by atoms with Crippen LogP contribution in [-0.4, -0.2) is 23.7 Å². The zero-order valence-corrected chi connectivity index (χ0v) is 22.4. The molecule has 0 amide bonds. The van der Waals surface area contributed by atoms with Crippen molar-refractivity contribution in [3.8, 4) is 22.9 Å². The third kappa shape index (κ3) is 3.32. The fourth-order valence-electron chi connectivity index (χ4n) is 6.30. The SMILES string of the molecule is c1ccc(-n2c3ccccc3c3c2ccc2c4ccc(Oc5cccc(-n6cccn6)c5)cc4c4nccn4c23)cc1. The monoisotopic (exact) mass is 541 g/mol. The first kappa shape index (κ1) is 22.9. The number of aromatic nitrogens is 5. The van der Waals surface area contributed by atoms with Gasteiger partial charge >= 0.3 is 0 Å². The number of rotatable bonds is 4. The van der Waals surface area contributed by atoms with E-state index in [0.717, 1.165) is 44.8 Å².